The van der Waals surface area contributed by atoms with Gasteiger partial charge in [0.1, 0.15) is 23.0 Å². The number of hydrogen-bond acceptors (Lipinski definition) is 2. The molecule has 3 aromatic rings. The van der Waals surface area contributed by atoms with Crippen molar-refractivity contribution in [2.24, 2.45) is 0 Å². The first kappa shape index (κ1) is 12.3. The number of benzene rings is 2. The van der Waals surface area contributed by atoms with Gasteiger partial charge in [0.25, 0.3) is 0 Å². The first-order chi connectivity index (χ1) is 9.54. The molecule has 100 valence electrons. The topological polar surface area (TPSA) is 50.4 Å². The second-order valence-corrected chi connectivity index (χ2v) is 4.29. The molecule has 1 aromatic heterocycles. The van der Waals surface area contributed by atoms with Crippen LogP contribution >= 0.6 is 0 Å². The van der Waals surface area contributed by atoms with E-state index in [4.69, 9.17) is 9.52 Å². The van der Waals surface area contributed by atoms with Gasteiger partial charge < -0.3 is 9.52 Å². The maximum Gasteiger partial charge on any atom is 0.338 e. The van der Waals surface area contributed by atoms with Crippen LogP contribution in [0.15, 0.2) is 46.9 Å². The molecule has 2 aromatic carbocycles. The van der Waals surface area contributed by atoms with Gasteiger partial charge in [-0.25, -0.2) is 13.6 Å². The third-order valence-electron chi connectivity index (χ3n) is 2.96. The number of hydrogen-bond donors (Lipinski definition) is 1. The third kappa shape index (κ3) is 2.03. The van der Waals surface area contributed by atoms with Gasteiger partial charge in [-0.1, -0.05) is 6.07 Å². The molecule has 0 bridgehead atoms. The minimum atomic E-state index is -1.33. The van der Waals surface area contributed by atoms with Crippen molar-refractivity contribution < 1.29 is 23.1 Å². The van der Waals surface area contributed by atoms with Gasteiger partial charge in [0.2, 0.25) is 0 Å². The molecule has 0 aliphatic carbocycles. The lowest BCUT2D eigenvalue weighted by Gasteiger charge is -2.00. The lowest BCUT2D eigenvalue weighted by atomic mass is 10.1. The highest BCUT2D eigenvalue weighted by Gasteiger charge is 2.13. The van der Waals surface area contributed by atoms with Crippen LogP contribution < -0.4 is 0 Å². The number of carboxylic acids is 1. The number of carbonyl (C=O) groups is 1. The van der Waals surface area contributed by atoms with Crippen LogP contribution in [0.3, 0.4) is 0 Å². The lowest BCUT2D eigenvalue weighted by Crippen LogP contribution is -1.99. The van der Waals surface area contributed by atoms with E-state index in [1.165, 1.54) is 30.3 Å². The SMILES string of the molecule is O=C(O)c1ccc(-c2cc3cc(F)ccc3o2)cc1F. The fraction of sp³-hybridized carbons (Fsp3) is 0. The van der Waals surface area contributed by atoms with E-state index in [-0.39, 0.29) is 0 Å². The smallest absolute Gasteiger partial charge is 0.338 e. The van der Waals surface area contributed by atoms with Crippen molar-refractivity contribution in [1.82, 2.24) is 0 Å². The zero-order chi connectivity index (χ0) is 14.3. The van der Waals surface area contributed by atoms with Crippen molar-refractivity contribution in [2.75, 3.05) is 0 Å². The monoisotopic (exact) mass is 274 g/mol. The van der Waals surface area contributed by atoms with Gasteiger partial charge >= 0.3 is 5.97 Å². The second kappa shape index (κ2) is 4.45. The molecule has 0 saturated carbocycles. The molecule has 0 unspecified atom stereocenters. The maximum atomic E-state index is 13.6. The Hall–Kier alpha value is -2.69. The molecular formula is C15H8F2O3. The standard InChI is InChI=1S/C15H8F2O3/c16-10-2-4-13-9(5-10)7-14(20-13)8-1-3-11(15(18)19)12(17)6-8/h1-7H,(H,18,19). The van der Waals surface area contributed by atoms with Crippen LogP contribution in [0.2, 0.25) is 0 Å². The fourth-order valence-corrected chi connectivity index (χ4v) is 2.00. The van der Waals surface area contributed by atoms with E-state index in [9.17, 15) is 13.6 Å². The van der Waals surface area contributed by atoms with Crippen molar-refractivity contribution in [3.63, 3.8) is 0 Å². The van der Waals surface area contributed by atoms with E-state index in [2.05, 4.69) is 0 Å². The minimum Gasteiger partial charge on any atom is -0.478 e. The summed E-state index contributed by atoms with van der Waals surface area (Å²) < 4.78 is 32.2. The van der Waals surface area contributed by atoms with Crippen molar-refractivity contribution >= 4 is 16.9 Å². The molecule has 1 heterocycles. The largest absolute Gasteiger partial charge is 0.478 e. The number of furan rings is 1. The molecule has 1 N–H and O–H groups in total. The molecule has 0 atom stereocenters. The Morgan fingerprint density at radius 3 is 2.55 bits per heavy atom. The van der Waals surface area contributed by atoms with E-state index in [0.717, 1.165) is 6.07 Å². The Balaban J connectivity index is 2.11. The highest BCUT2D eigenvalue weighted by molar-refractivity contribution is 5.89. The molecule has 3 nitrogen and oxygen atoms in total. The van der Waals surface area contributed by atoms with E-state index < -0.39 is 23.2 Å². The maximum absolute atomic E-state index is 13.6. The summed E-state index contributed by atoms with van der Waals surface area (Å²) in [5.41, 5.74) is 0.462. The Kier molecular flexibility index (Phi) is 2.75. The molecule has 5 heteroatoms. The average Bonchev–Trinajstić information content (AvgIpc) is 2.81. The van der Waals surface area contributed by atoms with Gasteiger partial charge in [0.05, 0.1) is 5.56 Å². The summed E-state index contributed by atoms with van der Waals surface area (Å²) in [5.74, 6) is -2.22. The van der Waals surface area contributed by atoms with Crippen LogP contribution in [0.25, 0.3) is 22.3 Å². The van der Waals surface area contributed by atoms with Crippen molar-refractivity contribution in [3.05, 3.63) is 59.7 Å². The Morgan fingerprint density at radius 2 is 1.85 bits per heavy atom. The van der Waals surface area contributed by atoms with E-state index in [1.807, 2.05) is 0 Å². The van der Waals surface area contributed by atoms with Gasteiger partial charge in [-0.2, -0.15) is 0 Å². The van der Waals surface area contributed by atoms with Crippen molar-refractivity contribution in [1.29, 1.82) is 0 Å². The van der Waals surface area contributed by atoms with Gasteiger partial charge in [-0.3, -0.25) is 0 Å². The molecule has 0 aliphatic heterocycles. The van der Waals surface area contributed by atoms with E-state index in [0.29, 0.717) is 22.3 Å². The Morgan fingerprint density at radius 1 is 1.05 bits per heavy atom. The van der Waals surface area contributed by atoms with Gasteiger partial charge in [0.15, 0.2) is 0 Å². The lowest BCUT2D eigenvalue weighted by molar-refractivity contribution is 0.0692. The zero-order valence-electron chi connectivity index (χ0n) is 10.1. The average molecular weight is 274 g/mol. The number of rotatable bonds is 2. The fourth-order valence-electron chi connectivity index (χ4n) is 2.00. The predicted octanol–water partition coefficient (Wildman–Crippen LogP) is 4.08. The Labute approximate surface area is 112 Å². The van der Waals surface area contributed by atoms with Gasteiger partial charge in [0, 0.05) is 10.9 Å². The molecule has 20 heavy (non-hydrogen) atoms. The van der Waals surface area contributed by atoms with Crippen molar-refractivity contribution in [3.8, 4) is 11.3 Å². The highest BCUT2D eigenvalue weighted by atomic mass is 19.1. The van der Waals surface area contributed by atoms with E-state index >= 15 is 0 Å². The summed E-state index contributed by atoms with van der Waals surface area (Å²) in [6.07, 6.45) is 0. The predicted molar refractivity (Wildman–Crippen MR) is 68.5 cm³/mol. The number of fused-ring (bicyclic) bond motifs is 1. The van der Waals surface area contributed by atoms with Crippen LogP contribution in [0.5, 0.6) is 0 Å². The first-order valence-corrected chi connectivity index (χ1v) is 5.77. The number of carboxylic acid groups (broad SMARTS) is 1. The quantitative estimate of drug-likeness (QED) is 0.766. The molecule has 0 radical (unpaired) electrons. The Bertz CT molecular complexity index is 821. The molecular weight excluding hydrogens is 266 g/mol. The molecule has 0 spiro atoms. The molecule has 0 aliphatic rings. The van der Waals surface area contributed by atoms with Crippen LogP contribution in [0, 0.1) is 11.6 Å². The van der Waals surface area contributed by atoms with Crippen LogP contribution in [-0.4, -0.2) is 11.1 Å². The van der Waals surface area contributed by atoms with Gasteiger partial charge in [-0.15, -0.1) is 0 Å². The summed E-state index contributed by atoms with van der Waals surface area (Å²) >= 11 is 0. The summed E-state index contributed by atoms with van der Waals surface area (Å²) in [4.78, 5) is 10.7. The van der Waals surface area contributed by atoms with Crippen LogP contribution in [0.4, 0.5) is 8.78 Å². The summed E-state index contributed by atoms with van der Waals surface area (Å²) in [5, 5.41) is 9.32. The number of aromatic carboxylic acids is 1. The second-order valence-electron chi connectivity index (χ2n) is 4.29. The van der Waals surface area contributed by atoms with Crippen molar-refractivity contribution in [2.45, 2.75) is 0 Å². The first-order valence-electron chi connectivity index (χ1n) is 5.77. The minimum absolute atomic E-state index is 0.349. The summed E-state index contributed by atoms with van der Waals surface area (Å²) in [7, 11) is 0. The molecule has 0 saturated heterocycles. The van der Waals surface area contributed by atoms with Crippen LogP contribution in [-0.2, 0) is 0 Å². The molecule has 3 rings (SSSR count). The molecule has 0 amide bonds. The third-order valence-corrected chi connectivity index (χ3v) is 2.96. The molecule has 0 fully saturated rings. The highest BCUT2D eigenvalue weighted by Crippen LogP contribution is 2.29. The van der Waals surface area contributed by atoms with E-state index in [1.54, 1.807) is 6.07 Å². The zero-order valence-corrected chi connectivity index (χ0v) is 10.1. The van der Waals surface area contributed by atoms with Gasteiger partial charge in [-0.05, 0) is 36.4 Å². The van der Waals surface area contributed by atoms with Crippen LogP contribution in [0.1, 0.15) is 10.4 Å². The normalized spacial score (nSPS) is 10.9. The number of halogens is 2. The summed E-state index contributed by atoms with van der Waals surface area (Å²) in [6.45, 7) is 0. The summed E-state index contributed by atoms with van der Waals surface area (Å²) in [6, 6.07) is 9.33.